The molecule has 1 aromatic heterocycles. The average Bonchev–Trinajstić information content (AvgIpc) is 2.15. The van der Waals surface area contributed by atoms with E-state index in [2.05, 4.69) is 16.8 Å². The number of aromatic nitrogens is 1. The molecular formula is C11H13NO. The van der Waals surface area contributed by atoms with Crippen LogP contribution in [0.1, 0.15) is 19.5 Å². The molecule has 0 saturated carbocycles. The van der Waals surface area contributed by atoms with Gasteiger partial charge in [0, 0.05) is 12.0 Å². The van der Waals surface area contributed by atoms with Gasteiger partial charge in [-0.05, 0) is 12.0 Å². The molecular weight excluding hydrogens is 162 g/mol. The standard InChI is InChI=1S/C11H13NO/c1-9(2)7-8-10-5-4-6-11(12-10)13-3/h4-6,9H,1-3H3. The SMILES string of the molecule is COc1cccc(C#CC(C)C)n1. The first kappa shape index (κ1) is 9.60. The maximum atomic E-state index is 4.98. The molecule has 0 unspecified atom stereocenters. The van der Waals surface area contributed by atoms with Crippen molar-refractivity contribution in [3.63, 3.8) is 0 Å². The van der Waals surface area contributed by atoms with E-state index in [9.17, 15) is 0 Å². The molecule has 0 aliphatic carbocycles. The van der Waals surface area contributed by atoms with E-state index in [1.807, 2.05) is 26.0 Å². The zero-order valence-corrected chi connectivity index (χ0v) is 8.16. The van der Waals surface area contributed by atoms with E-state index in [1.54, 1.807) is 13.2 Å². The topological polar surface area (TPSA) is 22.1 Å². The summed E-state index contributed by atoms with van der Waals surface area (Å²) in [7, 11) is 1.60. The van der Waals surface area contributed by atoms with Gasteiger partial charge in [0.2, 0.25) is 5.88 Å². The van der Waals surface area contributed by atoms with Gasteiger partial charge in [-0.2, -0.15) is 0 Å². The third-order valence-electron chi connectivity index (χ3n) is 1.42. The zero-order valence-electron chi connectivity index (χ0n) is 8.16. The smallest absolute Gasteiger partial charge is 0.214 e. The van der Waals surface area contributed by atoms with Gasteiger partial charge in [-0.15, -0.1) is 0 Å². The Balaban J connectivity index is 2.85. The fourth-order valence-corrected chi connectivity index (χ4v) is 0.816. The summed E-state index contributed by atoms with van der Waals surface area (Å²) in [5, 5.41) is 0. The van der Waals surface area contributed by atoms with Gasteiger partial charge in [0.15, 0.2) is 0 Å². The molecule has 2 nitrogen and oxygen atoms in total. The van der Waals surface area contributed by atoms with Crippen LogP contribution in [-0.4, -0.2) is 12.1 Å². The van der Waals surface area contributed by atoms with Crippen LogP contribution in [0.4, 0.5) is 0 Å². The number of nitrogens with zero attached hydrogens (tertiary/aromatic N) is 1. The Hall–Kier alpha value is -1.49. The van der Waals surface area contributed by atoms with Crippen molar-refractivity contribution in [1.29, 1.82) is 0 Å². The summed E-state index contributed by atoms with van der Waals surface area (Å²) < 4.78 is 4.98. The summed E-state index contributed by atoms with van der Waals surface area (Å²) in [5.41, 5.74) is 0.757. The van der Waals surface area contributed by atoms with Gasteiger partial charge in [-0.1, -0.05) is 25.8 Å². The van der Waals surface area contributed by atoms with E-state index in [4.69, 9.17) is 4.74 Å². The quantitative estimate of drug-likeness (QED) is 0.610. The Morgan fingerprint density at radius 1 is 1.38 bits per heavy atom. The second kappa shape index (κ2) is 4.51. The molecule has 68 valence electrons. The second-order valence-corrected chi connectivity index (χ2v) is 2.99. The van der Waals surface area contributed by atoms with Crippen LogP contribution in [-0.2, 0) is 0 Å². The van der Waals surface area contributed by atoms with Crippen molar-refractivity contribution in [2.75, 3.05) is 7.11 Å². The predicted molar refractivity (Wildman–Crippen MR) is 52.5 cm³/mol. The number of ether oxygens (including phenoxy) is 1. The van der Waals surface area contributed by atoms with Crippen LogP contribution in [0, 0.1) is 17.8 Å². The fourth-order valence-electron chi connectivity index (χ4n) is 0.816. The molecule has 0 atom stereocenters. The molecule has 1 heterocycles. The Labute approximate surface area is 79.0 Å². The first-order chi connectivity index (χ1) is 6.22. The summed E-state index contributed by atoms with van der Waals surface area (Å²) in [5.74, 6) is 7.00. The van der Waals surface area contributed by atoms with Crippen molar-refractivity contribution >= 4 is 0 Å². The molecule has 0 aliphatic heterocycles. The van der Waals surface area contributed by atoms with E-state index in [0.717, 1.165) is 5.69 Å². The number of hydrogen-bond donors (Lipinski definition) is 0. The molecule has 1 rings (SSSR count). The highest BCUT2D eigenvalue weighted by molar-refractivity contribution is 5.30. The predicted octanol–water partition coefficient (Wildman–Crippen LogP) is 2.10. The van der Waals surface area contributed by atoms with Gasteiger partial charge in [0.05, 0.1) is 7.11 Å². The lowest BCUT2D eigenvalue weighted by Crippen LogP contribution is -1.89. The molecule has 0 amide bonds. The van der Waals surface area contributed by atoms with Gasteiger partial charge in [0.25, 0.3) is 0 Å². The maximum Gasteiger partial charge on any atom is 0.214 e. The Morgan fingerprint density at radius 2 is 2.15 bits per heavy atom. The monoisotopic (exact) mass is 175 g/mol. The van der Waals surface area contributed by atoms with Crippen LogP contribution in [0.5, 0.6) is 5.88 Å². The minimum Gasteiger partial charge on any atom is -0.481 e. The lowest BCUT2D eigenvalue weighted by atomic mass is 10.2. The summed E-state index contributed by atoms with van der Waals surface area (Å²) in [6, 6.07) is 5.56. The molecule has 2 heteroatoms. The number of rotatable bonds is 1. The van der Waals surface area contributed by atoms with Crippen molar-refractivity contribution < 1.29 is 4.74 Å². The van der Waals surface area contributed by atoms with Gasteiger partial charge in [0.1, 0.15) is 5.69 Å². The van der Waals surface area contributed by atoms with Crippen LogP contribution in [0.2, 0.25) is 0 Å². The third kappa shape index (κ3) is 3.16. The Bertz CT molecular complexity index is 333. The molecule has 0 N–H and O–H groups in total. The van der Waals surface area contributed by atoms with Gasteiger partial charge < -0.3 is 4.74 Å². The van der Waals surface area contributed by atoms with E-state index in [0.29, 0.717) is 11.8 Å². The second-order valence-electron chi connectivity index (χ2n) is 2.99. The minimum absolute atomic E-state index is 0.369. The highest BCUT2D eigenvalue weighted by Crippen LogP contribution is 2.05. The molecule has 0 spiro atoms. The molecule has 13 heavy (non-hydrogen) atoms. The van der Waals surface area contributed by atoms with Crippen molar-refractivity contribution in [3.05, 3.63) is 23.9 Å². The first-order valence-electron chi connectivity index (χ1n) is 4.25. The lowest BCUT2D eigenvalue weighted by Gasteiger charge is -1.97. The van der Waals surface area contributed by atoms with Crippen LogP contribution >= 0.6 is 0 Å². The average molecular weight is 175 g/mol. The van der Waals surface area contributed by atoms with Crippen LogP contribution in [0.25, 0.3) is 0 Å². The van der Waals surface area contributed by atoms with Crippen molar-refractivity contribution in [3.8, 4) is 17.7 Å². The molecule has 0 fully saturated rings. The maximum absolute atomic E-state index is 4.98. The highest BCUT2D eigenvalue weighted by atomic mass is 16.5. The lowest BCUT2D eigenvalue weighted by molar-refractivity contribution is 0.397. The molecule has 1 aromatic rings. The number of pyridine rings is 1. The van der Waals surface area contributed by atoms with E-state index in [-0.39, 0.29) is 0 Å². The molecule has 0 radical (unpaired) electrons. The van der Waals surface area contributed by atoms with Crippen molar-refractivity contribution in [2.45, 2.75) is 13.8 Å². The van der Waals surface area contributed by atoms with Crippen molar-refractivity contribution in [2.24, 2.45) is 5.92 Å². The van der Waals surface area contributed by atoms with E-state index >= 15 is 0 Å². The van der Waals surface area contributed by atoms with Crippen molar-refractivity contribution in [1.82, 2.24) is 4.98 Å². The summed E-state index contributed by atoms with van der Waals surface area (Å²) in [6.07, 6.45) is 0. The highest BCUT2D eigenvalue weighted by Gasteiger charge is 1.92. The Morgan fingerprint density at radius 3 is 2.77 bits per heavy atom. The van der Waals surface area contributed by atoms with Crippen LogP contribution in [0.3, 0.4) is 0 Å². The summed E-state index contributed by atoms with van der Waals surface area (Å²) >= 11 is 0. The third-order valence-corrected chi connectivity index (χ3v) is 1.42. The van der Waals surface area contributed by atoms with Gasteiger partial charge in [-0.25, -0.2) is 4.98 Å². The fraction of sp³-hybridized carbons (Fsp3) is 0.364. The zero-order chi connectivity index (χ0) is 9.68. The number of hydrogen-bond acceptors (Lipinski definition) is 2. The summed E-state index contributed by atoms with van der Waals surface area (Å²) in [6.45, 7) is 4.10. The molecule has 0 aromatic carbocycles. The molecule has 0 bridgehead atoms. The van der Waals surface area contributed by atoms with E-state index in [1.165, 1.54) is 0 Å². The van der Waals surface area contributed by atoms with E-state index < -0.39 is 0 Å². The van der Waals surface area contributed by atoms with Gasteiger partial charge >= 0.3 is 0 Å². The first-order valence-corrected chi connectivity index (χ1v) is 4.25. The Kier molecular flexibility index (Phi) is 3.33. The van der Waals surface area contributed by atoms with Gasteiger partial charge in [-0.3, -0.25) is 0 Å². The minimum atomic E-state index is 0.369. The summed E-state index contributed by atoms with van der Waals surface area (Å²) in [4.78, 5) is 4.17. The molecule has 0 aliphatic rings. The largest absolute Gasteiger partial charge is 0.481 e. The van der Waals surface area contributed by atoms with Crippen LogP contribution < -0.4 is 4.74 Å². The molecule has 0 saturated heterocycles. The van der Waals surface area contributed by atoms with Crippen LogP contribution in [0.15, 0.2) is 18.2 Å². The normalized spacial score (nSPS) is 9.23. The number of methoxy groups -OCH3 is 1.